The summed E-state index contributed by atoms with van der Waals surface area (Å²) in [6, 6.07) is 8.48. The SMILES string of the molecule is Cc1cc(-c2cc(C(C)C)ccc2C)nc(N)n1. The van der Waals surface area contributed by atoms with Crippen molar-refractivity contribution in [3.8, 4) is 11.3 Å². The van der Waals surface area contributed by atoms with Crippen molar-refractivity contribution >= 4 is 5.95 Å². The fourth-order valence-corrected chi connectivity index (χ4v) is 2.00. The van der Waals surface area contributed by atoms with Gasteiger partial charge in [0.05, 0.1) is 5.69 Å². The van der Waals surface area contributed by atoms with E-state index in [1.165, 1.54) is 11.1 Å². The van der Waals surface area contributed by atoms with Gasteiger partial charge in [-0.1, -0.05) is 26.0 Å². The van der Waals surface area contributed by atoms with E-state index in [0.717, 1.165) is 17.0 Å². The Hall–Kier alpha value is -1.90. The maximum atomic E-state index is 5.72. The van der Waals surface area contributed by atoms with Crippen molar-refractivity contribution < 1.29 is 0 Å². The molecule has 2 N–H and O–H groups in total. The second-order valence-electron chi connectivity index (χ2n) is 4.98. The summed E-state index contributed by atoms with van der Waals surface area (Å²) in [5, 5.41) is 0. The summed E-state index contributed by atoms with van der Waals surface area (Å²) in [5.74, 6) is 0.837. The first kappa shape index (κ1) is 12.6. The van der Waals surface area contributed by atoms with Crippen LogP contribution in [0.2, 0.25) is 0 Å². The quantitative estimate of drug-likeness (QED) is 0.876. The average Bonchev–Trinajstić information content (AvgIpc) is 2.27. The van der Waals surface area contributed by atoms with Gasteiger partial charge in [-0.15, -0.1) is 0 Å². The lowest BCUT2D eigenvalue weighted by molar-refractivity contribution is 0.866. The first-order valence-corrected chi connectivity index (χ1v) is 6.19. The smallest absolute Gasteiger partial charge is 0.220 e. The first-order chi connectivity index (χ1) is 8.47. The fraction of sp³-hybridized carbons (Fsp3) is 0.333. The molecule has 0 atom stereocenters. The molecule has 0 fully saturated rings. The van der Waals surface area contributed by atoms with Crippen molar-refractivity contribution in [2.45, 2.75) is 33.6 Å². The van der Waals surface area contributed by atoms with Gasteiger partial charge >= 0.3 is 0 Å². The van der Waals surface area contributed by atoms with Crippen LogP contribution in [0.15, 0.2) is 24.3 Å². The van der Waals surface area contributed by atoms with Gasteiger partial charge in [-0.25, -0.2) is 9.97 Å². The van der Waals surface area contributed by atoms with Crippen molar-refractivity contribution in [3.05, 3.63) is 41.1 Å². The molecule has 0 saturated carbocycles. The molecule has 0 radical (unpaired) electrons. The van der Waals surface area contributed by atoms with Gasteiger partial charge < -0.3 is 5.73 Å². The van der Waals surface area contributed by atoms with Crippen LogP contribution in [-0.2, 0) is 0 Å². The highest BCUT2D eigenvalue weighted by Crippen LogP contribution is 2.26. The number of hydrogen-bond donors (Lipinski definition) is 1. The van der Waals surface area contributed by atoms with E-state index in [2.05, 4.69) is 48.9 Å². The summed E-state index contributed by atoms with van der Waals surface area (Å²) in [6.45, 7) is 8.40. The summed E-state index contributed by atoms with van der Waals surface area (Å²) >= 11 is 0. The van der Waals surface area contributed by atoms with Crippen LogP contribution in [-0.4, -0.2) is 9.97 Å². The Kier molecular flexibility index (Phi) is 3.32. The third-order valence-corrected chi connectivity index (χ3v) is 3.08. The van der Waals surface area contributed by atoms with Gasteiger partial charge in [0.2, 0.25) is 5.95 Å². The van der Waals surface area contributed by atoms with Crippen LogP contribution in [0.25, 0.3) is 11.3 Å². The van der Waals surface area contributed by atoms with Gasteiger partial charge in [-0.2, -0.15) is 0 Å². The van der Waals surface area contributed by atoms with E-state index in [0.29, 0.717) is 11.9 Å². The maximum Gasteiger partial charge on any atom is 0.220 e. The second-order valence-corrected chi connectivity index (χ2v) is 4.98. The molecule has 1 aromatic heterocycles. The largest absolute Gasteiger partial charge is 0.368 e. The molecule has 0 saturated heterocycles. The summed E-state index contributed by atoms with van der Waals surface area (Å²) in [6.07, 6.45) is 0. The molecule has 94 valence electrons. The van der Waals surface area contributed by atoms with Gasteiger partial charge in [0.25, 0.3) is 0 Å². The van der Waals surface area contributed by atoms with Crippen molar-refractivity contribution in [2.24, 2.45) is 0 Å². The van der Waals surface area contributed by atoms with E-state index in [-0.39, 0.29) is 0 Å². The lowest BCUT2D eigenvalue weighted by atomic mass is 9.96. The number of aromatic nitrogens is 2. The summed E-state index contributed by atoms with van der Waals surface area (Å²) in [7, 11) is 0. The number of nitrogens with two attached hydrogens (primary N) is 1. The van der Waals surface area contributed by atoms with Crippen LogP contribution in [0, 0.1) is 13.8 Å². The minimum Gasteiger partial charge on any atom is -0.368 e. The second kappa shape index (κ2) is 4.77. The molecule has 3 nitrogen and oxygen atoms in total. The van der Waals surface area contributed by atoms with E-state index < -0.39 is 0 Å². The standard InChI is InChI=1S/C15H19N3/c1-9(2)12-6-5-10(3)13(8-12)14-7-11(4)17-15(16)18-14/h5-9H,1-4H3,(H2,16,17,18). The molecule has 2 aromatic rings. The Bertz CT molecular complexity index is 554. The minimum atomic E-state index is 0.333. The highest BCUT2D eigenvalue weighted by molar-refractivity contribution is 5.65. The molecule has 0 bridgehead atoms. The Morgan fingerprint density at radius 1 is 1.06 bits per heavy atom. The third-order valence-electron chi connectivity index (χ3n) is 3.08. The van der Waals surface area contributed by atoms with Crippen molar-refractivity contribution in [3.63, 3.8) is 0 Å². The van der Waals surface area contributed by atoms with Crippen LogP contribution in [0.5, 0.6) is 0 Å². The minimum absolute atomic E-state index is 0.333. The lowest BCUT2D eigenvalue weighted by Gasteiger charge is -2.11. The van der Waals surface area contributed by atoms with Gasteiger partial charge in [-0.05, 0) is 43.0 Å². The molecule has 18 heavy (non-hydrogen) atoms. The molecule has 0 aliphatic carbocycles. The molecule has 3 heteroatoms. The number of rotatable bonds is 2. The van der Waals surface area contributed by atoms with Gasteiger partial charge in [0.15, 0.2) is 0 Å². The van der Waals surface area contributed by atoms with Crippen LogP contribution in [0.1, 0.15) is 36.6 Å². The normalized spacial score (nSPS) is 10.9. The first-order valence-electron chi connectivity index (χ1n) is 6.19. The summed E-state index contributed by atoms with van der Waals surface area (Å²) < 4.78 is 0. The molecular formula is C15H19N3. The Labute approximate surface area is 108 Å². The molecule has 0 spiro atoms. The molecule has 0 amide bonds. The predicted molar refractivity (Wildman–Crippen MR) is 75.4 cm³/mol. The summed E-state index contributed by atoms with van der Waals surface area (Å²) in [5.41, 5.74) is 11.2. The summed E-state index contributed by atoms with van der Waals surface area (Å²) in [4.78, 5) is 8.45. The van der Waals surface area contributed by atoms with Crippen molar-refractivity contribution in [1.82, 2.24) is 9.97 Å². The van der Waals surface area contributed by atoms with E-state index in [1.54, 1.807) is 0 Å². The molecule has 1 heterocycles. The van der Waals surface area contributed by atoms with Gasteiger partial charge in [-0.3, -0.25) is 0 Å². The average molecular weight is 241 g/mol. The Morgan fingerprint density at radius 3 is 2.39 bits per heavy atom. The number of benzene rings is 1. The zero-order valence-electron chi connectivity index (χ0n) is 11.4. The van der Waals surface area contributed by atoms with Crippen LogP contribution < -0.4 is 5.73 Å². The zero-order chi connectivity index (χ0) is 13.3. The Morgan fingerprint density at radius 2 is 1.78 bits per heavy atom. The van der Waals surface area contributed by atoms with Crippen LogP contribution >= 0.6 is 0 Å². The number of nitrogens with zero attached hydrogens (tertiary/aromatic N) is 2. The number of hydrogen-bond acceptors (Lipinski definition) is 3. The molecular weight excluding hydrogens is 222 g/mol. The van der Waals surface area contributed by atoms with Gasteiger partial charge in [0, 0.05) is 11.3 Å². The zero-order valence-corrected chi connectivity index (χ0v) is 11.4. The lowest BCUT2D eigenvalue weighted by Crippen LogP contribution is -1.99. The monoisotopic (exact) mass is 241 g/mol. The van der Waals surface area contributed by atoms with Gasteiger partial charge in [0.1, 0.15) is 0 Å². The van der Waals surface area contributed by atoms with Crippen LogP contribution in [0.3, 0.4) is 0 Å². The third kappa shape index (κ3) is 2.50. The highest BCUT2D eigenvalue weighted by Gasteiger charge is 2.08. The molecule has 0 aliphatic heterocycles. The van der Waals surface area contributed by atoms with E-state index in [9.17, 15) is 0 Å². The van der Waals surface area contributed by atoms with E-state index in [4.69, 9.17) is 5.73 Å². The number of nitrogen functional groups attached to an aromatic ring is 1. The van der Waals surface area contributed by atoms with Crippen LogP contribution in [0.4, 0.5) is 5.95 Å². The van der Waals surface area contributed by atoms with E-state index >= 15 is 0 Å². The predicted octanol–water partition coefficient (Wildman–Crippen LogP) is 3.47. The highest BCUT2D eigenvalue weighted by atomic mass is 15.0. The van der Waals surface area contributed by atoms with Crippen molar-refractivity contribution in [2.75, 3.05) is 5.73 Å². The fourth-order valence-electron chi connectivity index (χ4n) is 2.00. The molecule has 0 aliphatic rings. The topological polar surface area (TPSA) is 51.8 Å². The van der Waals surface area contributed by atoms with Crippen molar-refractivity contribution in [1.29, 1.82) is 0 Å². The maximum absolute atomic E-state index is 5.72. The van der Waals surface area contributed by atoms with E-state index in [1.807, 2.05) is 13.0 Å². The number of anilines is 1. The Balaban J connectivity index is 2.58. The number of aryl methyl sites for hydroxylation is 2. The molecule has 2 rings (SSSR count). The molecule has 0 unspecified atom stereocenters. The molecule has 1 aromatic carbocycles.